The van der Waals surface area contributed by atoms with Crippen molar-refractivity contribution in [1.29, 1.82) is 0 Å². The van der Waals surface area contributed by atoms with E-state index < -0.39 is 0 Å². The largest absolute Gasteiger partial charge is 0.330 e. The van der Waals surface area contributed by atoms with Crippen molar-refractivity contribution in [2.75, 3.05) is 19.6 Å². The Balaban J connectivity index is 2.60. The average molecular weight is 240 g/mol. The molecule has 1 saturated carbocycles. The Morgan fingerprint density at radius 1 is 1.29 bits per heavy atom. The first kappa shape index (κ1) is 15.0. The lowest BCUT2D eigenvalue weighted by atomic mass is 9.70. The summed E-state index contributed by atoms with van der Waals surface area (Å²) >= 11 is 0. The zero-order valence-electron chi connectivity index (χ0n) is 12.3. The molecule has 1 aliphatic rings. The van der Waals surface area contributed by atoms with Crippen molar-refractivity contribution < 1.29 is 0 Å². The molecular weight excluding hydrogens is 208 g/mol. The average Bonchev–Trinajstić information content (AvgIpc) is 2.31. The normalized spacial score (nSPS) is 30.2. The van der Waals surface area contributed by atoms with Crippen molar-refractivity contribution in [3.05, 3.63) is 0 Å². The van der Waals surface area contributed by atoms with Crippen molar-refractivity contribution >= 4 is 0 Å². The minimum Gasteiger partial charge on any atom is -0.330 e. The maximum atomic E-state index is 6.10. The highest BCUT2D eigenvalue weighted by Crippen LogP contribution is 2.39. The predicted octanol–water partition coefficient (Wildman–Crippen LogP) is 3.26. The number of hydrogen-bond acceptors (Lipinski definition) is 2. The van der Waals surface area contributed by atoms with Crippen molar-refractivity contribution in [3.8, 4) is 0 Å². The highest BCUT2D eigenvalue weighted by atomic mass is 15.2. The Hall–Kier alpha value is -0.0800. The zero-order chi connectivity index (χ0) is 12.9. The van der Waals surface area contributed by atoms with Crippen LogP contribution in [0.2, 0.25) is 0 Å². The van der Waals surface area contributed by atoms with Gasteiger partial charge in [0.1, 0.15) is 0 Å². The highest BCUT2D eigenvalue weighted by molar-refractivity contribution is 4.89. The summed E-state index contributed by atoms with van der Waals surface area (Å²) in [6, 6.07) is 0.651. The van der Waals surface area contributed by atoms with Crippen LogP contribution in [0.5, 0.6) is 0 Å². The molecule has 0 aliphatic heterocycles. The van der Waals surface area contributed by atoms with Crippen LogP contribution in [-0.2, 0) is 0 Å². The molecule has 0 unspecified atom stereocenters. The molecule has 102 valence electrons. The first-order valence-corrected chi connectivity index (χ1v) is 7.47. The van der Waals surface area contributed by atoms with E-state index in [4.69, 9.17) is 5.73 Å². The monoisotopic (exact) mass is 240 g/mol. The van der Waals surface area contributed by atoms with Gasteiger partial charge in [0.05, 0.1) is 0 Å². The van der Waals surface area contributed by atoms with Gasteiger partial charge in [-0.15, -0.1) is 0 Å². The minimum absolute atomic E-state index is 0.409. The second-order valence-corrected chi connectivity index (χ2v) is 6.45. The van der Waals surface area contributed by atoms with Crippen LogP contribution < -0.4 is 5.73 Å². The number of nitrogens with two attached hydrogens (primary N) is 1. The van der Waals surface area contributed by atoms with Crippen LogP contribution in [0.3, 0.4) is 0 Å². The molecule has 1 aliphatic carbocycles. The quantitative estimate of drug-likeness (QED) is 0.772. The SMILES string of the molecule is CCCN(CC1(CN)CCC(C)CC1)C(C)C. The van der Waals surface area contributed by atoms with E-state index in [2.05, 4.69) is 32.6 Å². The van der Waals surface area contributed by atoms with Gasteiger partial charge in [0.25, 0.3) is 0 Å². The summed E-state index contributed by atoms with van der Waals surface area (Å²) in [5.41, 5.74) is 6.51. The van der Waals surface area contributed by atoms with Gasteiger partial charge < -0.3 is 10.6 Å². The third kappa shape index (κ3) is 4.26. The van der Waals surface area contributed by atoms with Gasteiger partial charge >= 0.3 is 0 Å². The molecule has 0 aromatic rings. The molecule has 0 atom stereocenters. The molecule has 0 aromatic heterocycles. The van der Waals surface area contributed by atoms with Gasteiger partial charge in [-0.2, -0.15) is 0 Å². The molecule has 0 aromatic carbocycles. The molecule has 2 heteroatoms. The van der Waals surface area contributed by atoms with Crippen LogP contribution >= 0.6 is 0 Å². The Morgan fingerprint density at radius 2 is 1.88 bits per heavy atom. The lowest BCUT2D eigenvalue weighted by Crippen LogP contribution is -2.47. The van der Waals surface area contributed by atoms with Gasteiger partial charge in [-0.05, 0) is 57.5 Å². The molecule has 1 fully saturated rings. The smallest absolute Gasteiger partial charge is 0.00528 e. The summed E-state index contributed by atoms with van der Waals surface area (Å²) in [5, 5.41) is 0. The van der Waals surface area contributed by atoms with Crippen LogP contribution in [-0.4, -0.2) is 30.6 Å². The molecule has 1 rings (SSSR count). The Bertz CT molecular complexity index is 205. The zero-order valence-corrected chi connectivity index (χ0v) is 12.3. The van der Waals surface area contributed by atoms with Gasteiger partial charge in [0.2, 0.25) is 0 Å². The Kier molecular flexibility index (Phi) is 5.94. The fraction of sp³-hybridized carbons (Fsp3) is 1.00. The molecule has 0 saturated heterocycles. The van der Waals surface area contributed by atoms with E-state index in [-0.39, 0.29) is 0 Å². The van der Waals surface area contributed by atoms with Crippen LogP contribution in [0.25, 0.3) is 0 Å². The maximum Gasteiger partial charge on any atom is 0.00528 e. The fourth-order valence-corrected chi connectivity index (χ4v) is 3.04. The second-order valence-electron chi connectivity index (χ2n) is 6.45. The lowest BCUT2D eigenvalue weighted by molar-refractivity contribution is 0.0778. The molecule has 0 spiro atoms. The molecule has 2 N–H and O–H groups in total. The first-order valence-electron chi connectivity index (χ1n) is 7.47. The number of nitrogens with zero attached hydrogens (tertiary/aromatic N) is 1. The summed E-state index contributed by atoms with van der Waals surface area (Å²) < 4.78 is 0. The minimum atomic E-state index is 0.409. The lowest BCUT2D eigenvalue weighted by Gasteiger charge is -2.43. The number of hydrogen-bond donors (Lipinski definition) is 1. The first-order chi connectivity index (χ1) is 8.03. The van der Waals surface area contributed by atoms with Crippen LogP contribution in [0, 0.1) is 11.3 Å². The summed E-state index contributed by atoms with van der Waals surface area (Å²) in [6.45, 7) is 12.6. The maximum absolute atomic E-state index is 6.10. The van der Waals surface area contributed by atoms with Crippen molar-refractivity contribution in [3.63, 3.8) is 0 Å². The van der Waals surface area contributed by atoms with Gasteiger partial charge in [-0.3, -0.25) is 0 Å². The van der Waals surface area contributed by atoms with E-state index in [0.717, 1.165) is 12.5 Å². The van der Waals surface area contributed by atoms with Crippen LogP contribution in [0.1, 0.15) is 59.8 Å². The van der Waals surface area contributed by atoms with Gasteiger partial charge in [0, 0.05) is 12.6 Å². The van der Waals surface area contributed by atoms with E-state index in [1.54, 1.807) is 0 Å². The molecular formula is C15H32N2. The molecule has 0 radical (unpaired) electrons. The summed E-state index contributed by atoms with van der Waals surface area (Å²) in [7, 11) is 0. The van der Waals surface area contributed by atoms with Crippen molar-refractivity contribution in [1.82, 2.24) is 4.90 Å². The van der Waals surface area contributed by atoms with Gasteiger partial charge in [-0.1, -0.05) is 26.7 Å². The van der Waals surface area contributed by atoms with E-state index in [1.807, 2.05) is 0 Å². The third-order valence-corrected chi connectivity index (χ3v) is 4.55. The van der Waals surface area contributed by atoms with Crippen LogP contribution in [0.4, 0.5) is 0 Å². The van der Waals surface area contributed by atoms with Crippen molar-refractivity contribution in [2.24, 2.45) is 17.1 Å². The molecule has 0 heterocycles. The summed E-state index contributed by atoms with van der Waals surface area (Å²) in [4.78, 5) is 2.63. The molecule has 0 bridgehead atoms. The van der Waals surface area contributed by atoms with E-state index in [9.17, 15) is 0 Å². The van der Waals surface area contributed by atoms with E-state index in [1.165, 1.54) is 45.2 Å². The predicted molar refractivity (Wildman–Crippen MR) is 76.1 cm³/mol. The van der Waals surface area contributed by atoms with Gasteiger partial charge in [0.15, 0.2) is 0 Å². The molecule has 17 heavy (non-hydrogen) atoms. The van der Waals surface area contributed by atoms with E-state index in [0.29, 0.717) is 11.5 Å². The van der Waals surface area contributed by atoms with Crippen LogP contribution in [0.15, 0.2) is 0 Å². The third-order valence-electron chi connectivity index (χ3n) is 4.55. The Morgan fingerprint density at radius 3 is 2.29 bits per heavy atom. The van der Waals surface area contributed by atoms with E-state index >= 15 is 0 Å². The van der Waals surface area contributed by atoms with Gasteiger partial charge in [-0.25, -0.2) is 0 Å². The molecule has 0 amide bonds. The highest BCUT2D eigenvalue weighted by Gasteiger charge is 2.34. The number of rotatable bonds is 6. The fourth-order valence-electron chi connectivity index (χ4n) is 3.04. The summed E-state index contributed by atoms with van der Waals surface area (Å²) in [5.74, 6) is 0.911. The standard InChI is InChI=1S/C15H32N2/c1-5-10-17(13(2)3)12-15(11-16)8-6-14(4)7-9-15/h13-14H,5-12,16H2,1-4H3. The Labute approximate surface area is 108 Å². The second kappa shape index (κ2) is 6.75. The van der Waals surface area contributed by atoms with Crippen molar-refractivity contribution in [2.45, 2.75) is 65.8 Å². The summed E-state index contributed by atoms with van der Waals surface area (Å²) in [6.07, 6.45) is 6.65. The molecule has 2 nitrogen and oxygen atoms in total. The topological polar surface area (TPSA) is 29.3 Å².